The number of rotatable bonds is 4. The Bertz CT molecular complexity index is 1770. The standard InChI is InChI=1S/C33H25NO5/c1-39-23-10-7-19-15-22(9-6-20(19)16-23)34-29-4-2-3-24(29)26-13-18(5-12-30(26)34)14-28-31(35)25-11-8-21(33(37)38)17-27(25)32(28)36/h5-17,24,29H,2-4H2,1H3,(H,37,38)/b28-14+. The van der Waals surface area contributed by atoms with E-state index < -0.39 is 11.8 Å². The predicted molar refractivity (Wildman–Crippen MR) is 150 cm³/mol. The van der Waals surface area contributed by atoms with Crippen molar-refractivity contribution >= 4 is 45.8 Å². The Kier molecular flexibility index (Phi) is 5.20. The molecule has 192 valence electrons. The molecule has 0 spiro atoms. The van der Waals surface area contributed by atoms with E-state index in [0.717, 1.165) is 52.7 Å². The van der Waals surface area contributed by atoms with Gasteiger partial charge >= 0.3 is 5.97 Å². The molecule has 1 aliphatic heterocycles. The van der Waals surface area contributed by atoms with Gasteiger partial charge in [0.25, 0.3) is 0 Å². The van der Waals surface area contributed by atoms with Crippen molar-refractivity contribution in [3.05, 3.63) is 106 Å². The molecule has 2 unspecified atom stereocenters. The van der Waals surface area contributed by atoms with Gasteiger partial charge in [-0.25, -0.2) is 4.79 Å². The second kappa shape index (κ2) is 8.67. The van der Waals surface area contributed by atoms with E-state index >= 15 is 0 Å². The third kappa shape index (κ3) is 3.59. The molecular weight excluding hydrogens is 490 g/mol. The van der Waals surface area contributed by atoms with Gasteiger partial charge in [-0.05, 0) is 95.4 Å². The Morgan fingerprint density at radius 1 is 0.897 bits per heavy atom. The molecule has 6 nitrogen and oxygen atoms in total. The number of carboxylic acid groups (broad SMARTS) is 1. The molecule has 0 saturated heterocycles. The first kappa shape index (κ1) is 23.4. The molecule has 1 fully saturated rings. The number of carbonyl (C=O) groups excluding carboxylic acids is 2. The van der Waals surface area contributed by atoms with Gasteiger partial charge in [0.05, 0.1) is 18.2 Å². The number of allylic oxidation sites excluding steroid dienone is 1. The molecule has 4 aromatic carbocycles. The van der Waals surface area contributed by atoms with Gasteiger partial charge in [0.2, 0.25) is 0 Å². The molecule has 4 aromatic rings. The summed E-state index contributed by atoms with van der Waals surface area (Å²) in [6.45, 7) is 0. The maximum absolute atomic E-state index is 13.1. The molecule has 39 heavy (non-hydrogen) atoms. The number of hydrogen-bond donors (Lipinski definition) is 1. The third-order valence-electron chi connectivity index (χ3n) is 8.39. The van der Waals surface area contributed by atoms with Crippen LogP contribution in [0.5, 0.6) is 5.75 Å². The molecule has 1 saturated carbocycles. The molecule has 1 heterocycles. The highest BCUT2D eigenvalue weighted by Crippen LogP contribution is 2.53. The number of carbonyl (C=O) groups is 3. The number of carboxylic acids is 1. The summed E-state index contributed by atoms with van der Waals surface area (Å²) in [5.74, 6) is -0.692. The molecule has 0 amide bonds. The molecule has 0 aromatic heterocycles. The zero-order valence-corrected chi connectivity index (χ0v) is 21.3. The predicted octanol–water partition coefficient (Wildman–Crippen LogP) is 6.80. The highest BCUT2D eigenvalue weighted by Gasteiger charge is 2.42. The van der Waals surface area contributed by atoms with E-state index in [2.05, 4.69) is 41.3 Å². The first-order valence-electron chi connectivity index (χ1n) is 13.1. The number of ketones is 2. The average molecular weight is 516 g/mol. The van der Waals surface area contributed by atoms with E-state index in [1.54, 1.807) is 13.2 Å². The summed E-state index contributed by atoms with van der Waals surface area (Å²) in [4.78, 5) is 39.9. The minimum absolute atomic E-state index is 0.00567. The van der Waals surface area contributed by atoms with Gasteiger partial charge in [0.15, 0.2) is 11.6 Å². The molecule has 2 atom stereocenters. The summed E-state index contributed by atoms with van der Waals surface area (Å²) in [5.41, 5.74) is 4.85. The van der Waals surface area contributed by atoms with Crippen molar-refractivity contribution in [3.8, 4) is 5.75 Å². The number of fused-ring (bicyclic) bond motifs is 5. The number of aromatic carboxylic acids is 1. The summed E-state index contributed by atoms with van der Waals surface area (Å²) < 4.78 is 5.38. The van der Waals surface area contributed by atoms with Crippen molar-refractivity contribution in [1.29, 1.82) is 0 Å². The van der Waals surface area contributed by atoms with E-state index in [4.69, 9.17) is 4.74 Å². The Morgan fingerprint density at radius 2 is 1.69 bits per heavy atom. The van der Waals surface area contributed by atoms with Gasteiger partial charge in [0, 0.05) is 34.5 Å². The highest BCUT2D eigenvalue weighted by atomic mass is 16.5. The van der Waals surface area contributed by atoms with Crippen LogP contribution < -0.4 is 9.64 Å². The lowest BCUT2D eigenvalue weighted by Gasteiger charge is -2.27. The fraction of sp³-hybridized carbons (Fsp3) is 0.182. The minimum Gasteiger partial charge on any atom is -0.497 e. The van der Waals surface area contributed by atoms with Crippen molar-refractivity contribution in [3.63, 3.8) is 0 Å². The Labute approximate surface area is 225 Å². The maximum Gasteiger partial charge on any atom is 0.335 e. The normalized spacial score (nSPS) is 20.4. The van der Waals surface area contributed by atoms with Crippen LogP contribution in [0.1, 0.15) is 67.4 Å². The number of anilines is 2. The summed E-state index contributed by atoms with van der Waals surface area (Å²) in [6.07, 6.45) is 5.01. The second-order valence-corrected chi connectivity index (χ2v) is 10.5. The Hall–Kier alpha value is -4.71. The number of methoxy groups -OCH3 is 1. The molecular formula is C33H25NO5. The lowest BCUT2D eigenvalue weighted by atomic mass is 9.95. The number of benzene rings is 4. The van der Waals surface area contributed by atoms with Crippen LogP contribution in [0.25, 0.3) is 16.8 Å². The van der Waals surface area contributed by atoms with Gasteiger partial charge in [-0.2, -0.15) is 0 Å². The molecule has 6 heteroatoms. The molecule has 0 radical (unpaired) electrons. The van der Waals surface area contributed by atoms with Crippen molar-refractivity contribution in [2.24, 2.45) is 0 Å². The number of hydrogen-bond acceptors (Lipinski definition) is 5. The monoisotopic (exact) mass is 515 g/mol. The maximum atomic E-state index is 13.1. The summed E-state index contributed by atoms with van der Waals surface area (Å²) in [7, 11) is 1.67. The van der Waals surface area contributed by atoms with Gasteiger partial charge < -0.3 is 14.7 Å². The molecule has 3 aliphatic rings. The van der Waals surface area contributed by atoms with Crippen molar-refractivity contribution < 1.29 is 24.2 Å². The number of ether oxygens (including phenoxy) is 1. The topological polar surface area (TPSA) is 83.9 Å². The number of nitrogens with zero attached hydrogens (tertiary/aromatic N) is 1. The van der Waals surface area contributed by atoms with Crippen LogP contribution in [0.3, 0.4) is 0 Å². The quantitative estimate of drug-likeness (QED) is 0.238. The SMILES string of the molecule is COc1ccc2cc(N3c4ccc(/C=C5\C(=O)c6ccc(C(=O)O)cc6C5=O)cc4C4CCCC43)ccc2c1. The van der Waals surface area contributed by atoms with Gasteiger partial charge in [0.1, 0.15) is 5.75 Å². The Balaban J connectivity index is 1.26. The summed E-state index contributed by atoms with van der Waals surface area (Å²) in [6, 6.07) is 23.3. The van der Waals surface area contributed by atoms with Crippen LogP contribution >= 0.6 is 0 Å². The first-order valence-corrected chi connectivity index (χ1v) is 13.1. The van der Waals surface area contributed by atoms with E-state index in [9.17, 15) is 19.5 Å². The van der Waals surface area contributed by atoms with Crippen LogP contribution in [0.2, 0.25) is 0 Å². The summed E-state index contributed by atoms with van der Waals surface area (Å²) >= 11 is 0. The van der Waals surface area contributed by atoms with E-state index in [1.165, 1.54) is 23.8 Å². The smallest absolute Gasteiger partial charge is 0.335 e. The van der Waals surface area contributed by atoms with E-state index in [0.29, 0.717) is 12.0 Å². The van der Waals surface area contributed by atoms with Gasteiger partial charge in [-0.15, -0.1) is 0 Å². The lowest BCUT2D eigenvalue weighted by molar-refractivity contribution is 0.0696. The number of Topliss-reactive ketones (excluding diaryl/α,β-unsaturated/α-hetero) is 2. The van der Waals surface area contributed by atoms with Crippen LogP contribution in [0.15, 0.2) is 78.4 Å². The van der Waals surface area contributed by atoms with Crippen LogP contribution in [0.4, 0.5) is 11.4 Å². The summed E-state index contributed by atoms with van der Waals surface area (Å²) in [5, 5.41) is 11.6. The van der Waals surface area contributed by atoms with Crippen LogP contribution in [-0.2, 0) is 0 Å². The van der Waals surface area contributed by atoms with Gasteiger partial charge in [-0.3, -0.25) is 9.59 Å². The van der Waals surface area contributed by atoms with Crippen LogP contribution in [0, 0.1) is 0 Å². The highest BCUT2D eigenvalue weighted by molar-refractivity contribution is 6.41. The average Bonchev–Trinajstić information content (AvgIpc) is 3.61. The van der Waals surface area contributed by atoms with Crippen molar-refractivity contribution in [2.45, 2.75) is 31.2 Å². The zero-order chi connectivity index (χ0) is 26.8. The molecule has 7 rings (SSSR count). The fourth-order valence-corrected chi connectivity index (χ4v) is 6.54. The molecule has 0 bridgehead atoms. The second-order valence-electron chi connectivity index (χ2n) is 10.5. The lowest BCUT2D eigenvalue weighted by Crippen LogP contribution is -2.26. The van der Waals surface area contributed by atoms with E-state index in [-0.39, 0.29) is 28.0 Å². The first-order chi connectivity index (χ1) is 18.9. The minimum atomic E-state index is -1.13. The zero-order valence-electron chi connectivity index (χ0n) is 21.3. The molecule has 1 N–H and O–H groups in total. The van der Waals surface area contributed by atoms with Crippen molar-refractivity contribution in [1.82, 2.24) is 0 Å². The largest absolute Gasteiger partial charge is 0.497 e. The third-order valence-corrected chi connectivity index (χ3v) is 8.39. The fourth-order valence-electron chi connectivity index (χ4n) is 6.54. The van der Waals surface area contributed by atoms with Crippen LogP contribution in [-0.4, -0.2) is 35.8 Å². The van der Waals surface area contributed by atoms with Crippen molar-refractivity contribution in [2.75, 3.05) is 12.0 Å². The Morgan fingerprint density at radius 3 is 2.51 bits per heavy atom. The molecule has 2 aliphatic carbocycles. The van der Waals surface area contributed by atoms with Gasteiger partial charge in [-0.1, -0.05) is 24.6 Å². The van der Waals surface area contributed by atoms with E-state index in [1.807, 2.05) is 18.2 Å².